The molecular formula is C15H12BrClN2. The van der Waals surface area contributed by atoms with Crippen LogP contribution in [-0.2, 0) is 13.0 Å². The Kier molecular flexibility index (Phi) is 4.84. The maximum atomic E-state index is 8.61. The number of nitriles is 1. The van der Waals surface area contributed by atoms with Crippen LogP contribution in [0.3, 0.4) is 0 Å². The highest BCUT2D eigenvalue weighted by Crippen LogP contribution is 2.22. The highest BCUT2D eigenvalue weighted by atomic mass is 79.9. The van der Waals surface area contributed by atoms with Gasteiger partial charge in [0, 0.05) is 21.7 Å². The van der Waals surface area contributed by atoms with E-state index in [1.165, 1.54) is 0 Å². The second-order valence-corrected chi connectivity index (χ2v) is 5.44. The summed E-state index contributed by atoms with van der Waals surface area (Å²) < 4.78 is 1.01. The van der Waals surface area contributed by atoms with E-state index < -0.39 is 0 Å². The van der Waals surface area contributed by atoms with Gasteiger partial charge in [0.1, 0.15) is 0 Å². The van der Waals surface area contributed by atoms with Gasteiger partial charge >= 0.3 is 0 Å². The molecule has 0 fully saturated rings. The Morgan fingerprint density at radius 2 is 1.89 bits per heavy atom. The van der Waals surface area contributed by atoms with Crippen LogP contribution in [-0.4, -0.2) is 0 Å². The molecule has 1 N–H and O–H groups in total. The number of anilines is 1. The van der Waals surface area contributed by atoms with Crippen molar-refractivity contribution in [2.75, 3.05) is 5.32 Å². The maximum absolute atomic E-state index is 8.61. The summed E-state index contributed by atoms with van der Waals surface area (Å²) >= 11 is 9.56. The molecule has 0 aliphatic heterocycles. The van der Waals surface area contributed by atoms with Crippen LogP contribution >= 0.6 is 27.5 Å². The normalized spacial score (nSPS) is 9.95. The highest BCUT2D eigenvalue weighted by Gasteiger charge is 2.01. The van der Waals surface area contributed by atoms with Gasteiger partial charge in [0.05, 0.1) is 12.5 Å². The molecule has 0 aliphatic rings. The Morgan fingerprint density at radius 3 is 2.58 bits per heavy atom. The number of nitrogens with zero attached hydrogens (tertiary/aromatic N) is 1. The minimum atomic E-state index is 0.442. The van der Waals surface area contributed by atoms with Gasteiger partial charge < -0.3 is 5.32 Å². The van der Waals surface area contributed by atoms with Gasteiger partial charge in [0.15, 0.2) is 0 Å². The standard InChI is InChI=1S/C15H12BrClN2/c16-13-3-6-15(17)12(9-13)10-19-14-4-1-11(2-5-14)7-8-18/h1-6,9,19H,7,10H2. The Labute approximate surface area is 126 Å². The van der Waals surface area contributed by atoms with Crippen LogP contribution in [0.15, 0.2) is 46.9 Å². The monoisotopic (exact) mass is 334 g/mol. The van der Waals surface area contributed by atoms with Gasteiger partial charge in [-0.3, -0.25) is 0 Å². The van der Waals surface area contributed by atoms with E-state index in [0.29, 0.717) is 13.0 Å². The second kappa shape index (κ2) is 6.60. The lowest BCUT2D eigenvalue weighted by Gasteiger charge is -2.09. The van der Waals surface area contributed by atoms with Gasteiger partial charge in [0.2, 0.25) is 0 Å². The van der Waals surface area contributed by atoms with E-state index in [4.69, 9.17) is 16.9 Å². The average Bonchev–Trinajstić information content (AvgIpc) is 2.42. The first-order valence-electron chi connectivity index (χ1n) is 5.83. The molecule has 96 valence electrons. The largest absolute Gasteiger partial charge is 0.381 e. The predicted octanol–water partition coefficient (Wildman–Crippen LogP) is 4.78. The van der Waals surface area contributed by atoms with Gasteiger partial charge in [-0.1, -0.05) is 39.7 Å². The van der Waals surface area contributed by atoms with E-state index >= 15 is 0 Å². The quantitative estimate of drug-likeness (QED) is 0.872. The summed E-state index contributed by atoms with van der Waals surface area (Å²) in [4.78, 5) is 0. The molecule has 0 aromatic heterocycles. The van der Waals surface area contributed by atoms with E-state index in [2.05, 4.69) is 27.3 Å². The molecule has 0 spiro atoms. The molecule has 0 aliphatic carbocycles. The maximum Gasteiger partial charge on any atom is 0.0669 e. The lowest BCUT2D eigenvalue weighted by Crippen LogP contribution is -2.00. The first kappa shape index (κ1) is 13.9. The summed E-state index contributed by atoms with van der Waals surface area (Å²) in [6.45, 7) is 0.663. The third-order valence-electron chi connectivity index (χ3n) is 2.73. The van der Waals surface area contributed by atoms with Crippen molar-refractivity contribution in [3.05, 3.63) is 63.1 Å². The Bertz CT molecular complexity index is 603. The Morgan fingerprint density at radius 1 is 1.16 bits per heavy atom. The van der Waals surface area contributed by atoms with E-state index in [-0.39, 0.29) is 0 Å². The van der Waals surface area contributed by atoms with Crippen LogP contribution in [0.5, 0.6) is 0 Å². The van der Waals surface area contributed by atoms with Crippen molar-refractivity contribution in [2.24, 2.45) is 0 Å². The molecule has 0 radical (unpaired) electrons. The number of hydrogen-bond acceptors (Lipinski definition) is 2. The summed E-state index contributed by atoms with van der Waals surface area (Å²) in [5.41, 5.74) is 3.07. The topological polar surface area (TPSA) is 35.8 Å². The van der Waals surface area contributed by atoms with Gasteiger partial charge in [-0.05, 0) is 41.5 Å². The highest BCUT2D eigenvalue weighted by molar-refractivity contribution is 9.10. The van der Waals surface area contributed by atoms with Crippen LogP contribution in [0, 0.1) is 11.3 Å². The fourth-order valence-electron chi connectivity index (χ4n) is 1.71. The first-order valence-corrected chi connectivity index (χ1v) is 7.00. The number of rotatable bonds is 4. The average molecular weight is 336 g/mol. The number of hydrogen-bond donors (Lipinski definition) is 1. The minimum Gasteiger partial charge on any atom is -0.381 e. The SMILES string of the molecule is N#CCc1ccc(NCc2cc(Br)ccc2Cl)cc1. The van der Waals surface area contributed by atoms with E-state index in [0.717, 1.165) is 26.3 Å². The molecule has 0 heterocycles. The zero-order valence-electron chi connectivity index (χ0n) is 10.2. The predicted molar refractivity (Wildman–Crippen MR) is 82.2 cm³/mol. The summed E-state index contributed by atoms with van der Waals surface area (Å²) in [6.07, 6.45) is 0.442. The molecule has 0 atom stereocenters. The molecule has 0 amide bonds. The fraction of sp³-hybridized carbons (Fsp3) is 0.133. The molecule has 0 unspecified atom stereocenters. The summed E-state index contributed by atoms with van der Waals surface area (Å²) in [5.74, 6) is 0. The van der Waals surface area contributed by atoms with Crippen molar-refractivity contribution in [2.45, 2.75) is 13.0 Å². The smallest absolute Gasteiger partial charge is 0.0669 e. The van der Waals surface area contributed by atoms with Gasteiger partial charge in [-0.25, -0.2) is 0 Å². The third-order valence-corrected chi connectivity index (χ3v) is 3.59. The molecule has 4 heteroatoms. The van der Waals surface area contributed by atoms with Gasteiger partial charge in [-0.15, -0.1) is 0 Å². The number of benzene rings is 2. The van der Waals surface area contributed by atoms with E-state index in [1.54, 1.807) is 0 Å². The van der Waals surface area contributed by atoms with Gasteiger partial charge in [0.25, 0.3) is 0 Å². The van der Waals surface area contributed by atoms with Gasteiger partial charge in [-0.2, -0.15) is 5.26 Å². The molecule has 0 bridgehead atoms. The third kappa shape index (κ3) is 3.99. The zero-order valence-corrected chi connectivity index (χ0v) is 12.5. The molecular weight excluding hydrogens is 324 g/mol. The zero-order chi connectivity index (χ0) is 13.7. The lowest BCUT2D eigenvalue weighted by molar-refractivity contribution is 1.14. The molecule has 2 rings (SSSR count). The summed E-state index contributed by atoms with van der Waals surface area (Å²) in [6, 6.07) is 15.8. The molecule has 2 aromatic carbocycles. The van der Waals surface area contributed by atoms with Crippen LogP contribution in [0.4, 0.5) is 5.69 Å². The minimum absolute atomic E-state index is 0.442. The number of nitrogens with one attached hydrogen (secondary N) is 1. The molecule has 19 heavy (non-hydrogen) atoms. The van der Waals surface area contributed by atoms with Crippen molar-refractivity contribution in [1.29, 1.82) is 5.26 Å². The van der Waals surface area contributed by atoms with Crippen molar-refractivity contribution in [3.8, 4) is 6.07 Å². The summed E-state index contributed by atoms with van der Waals surface area (Å²) in [7, 11) is 0. The Balaban J connectivity index is 2.02. The van der Waals surface area contributed by atoms with Crippen molar-refractivity contribution >= 4 is 33.2 Å². The second-order valence-electron chi connectivity index (χ2n) is 4.12. The van der Waals surface area contributed by atoms with E-state index in [9.17, 15) is 0 Å². The van der Waals surface area contributed by atoms with Crippen molar-refractivity contribution < 1.29 is 0 Å². The van der Waals surface area contributed by atoms with Crippen LogP contribution < -0.4 is 5.32 Å². The molecule has 0 saturated heterocycles. The number of halogens is 2. The first-order chi connectivity index (χ1) is 9.19. The van der Waals surface area contributed by atoms with Crippen LogP contribution in [0.2, 0.25) is 5.02 Å². The van der Waals surface area contributed by atoms with Crippen molar-refractivity contribution in [1.82, 2.24) is 0 Å². The fourth-order valence-corrected chi connectivity index (χ4v) is 2.30. The molecule has 0 saturated carbocycles. The van der Waals surface area contributed by atoms with Crippen LogP contribution in [0.25, 0.3) is 0 Å². The van der Waals surface area contributed by atoms with Crippen molar-refractivity contribution in [3.63, 3.8) is 0 Å². The Hall–Kier alpha value is -1.50. The molecule has 2 nitrogen and oxygen atoms in total. The summed E-state index contributed by atoms with van der Waals surface area (Å²) in [5, 5.41) is 12.7. The van der Waals surface area contributed by atoms with Crippen LogP contribution in [0.1, 0.15) is 11.1 Å². The lowest BCUT2D eigenvalue weighted by atomic mass is 10.1. The molecule has 2 aromatic rings. The van der Waals surface area contributed by atoms with E-state index in [1.807, 2.05) is 42.5 Å².